The molecule has 20 heavy (non-hydrogen) atoms. The first-order valence-corrected chi connectivity index (χ1v) is 5.87. The molecule has 0 fully saturated rings. The zero-order chi connectivity index (χ0) is 14.7. The predicted molar refractivity (Wildman–Crippen MR) is 68.0 cm³/mol. The molecule has 0 aliphatic rings. The van der Waals surface area contributed by atoms with Crippen LogP contribution in [0.4, 0.5) is 14.5 Å². The second-order valence-electron chi connectivity index (χ2n) is 4.19. The largest absolute Gasteiger partial charge is 0.462 e. The molecule has 0 unspecified atom stereocenters. The highest BCUT2D eigenvalue weighted by Crippen LogP contribution is 2.17. The first-order valence-electron chi connectivity index (χ1n) is 5.87. The molecule has 0 aliphatic heterocycles. The third-order valence-corrected chi connectivity index (χ3v) is 2.79. The highest BCUT2D eigenvalue weighted by Gasteiger charge is 2.16. The topological polar surface area (TPSA) is 70.1 Å². The lowest BCUT2D eigenvalue weighted by atomic mass is 10.2. The van der Waals surface area contributed by atoms with Gasteiger partial charge in [0.25, 0.3) is 0 Å². The second kappa shape index (κ2) is 5.68. The summed E-state index contributed by atoms with van der Waals surface area (Å²) in [6.45, 7) is 0.0229. The molecule has 2 rings (SSSR count). The molecular formula is C13H13F2N3O2. The van der Waals surface area contributed by atoms with Crippen LogP contribution >= 0.6 is 0 Å². The minimum absolute atomic E-state index is 0.0229. The van der Waals surface area contributed by atoms with Gasteiger partial charge in [-0.3, -0.25) is 0 Å². The van der Waals surface area contributed by atoms with Crippen LogP contribution in [0.2, 0.25) is 0 Å². The van der Waals surface area contributed by atoms with Crippen LogP contribution in [0.5, 0.6) is 0 Å². The average Bonchev–Trinajstić information content (AvgIpc) is 2.79. The third-order valence-electron chi connectivity index (χ3n) is 2.79. The zero-order valence-corrected chi connectivity index (χ0v) is 10.8. The Morgan fingerprint density at radius 3 is 2.80 bits per heavy atom. The van der Waals surface area contributed by atoms with E-state index in [2.05, 4.69) is 4.98 Å². The monoisotopic (exact) mass is 281 g/mol. The molecule has 1 aromatic carbocycles. The van der Waals surface area contributed by atoms with Gasteiger partial charge in [0.05, 0.1) is 17.9 Å². The van der Waals surface area contributed by atoms with Crippen molar-refractivity contribution in [3.8, 4) is 0 Å². The van der Waals surface area contributed by atoms with E-state index < -0.39 is 23.2 Å². The van der Waals surface area contributed by atoms with E-state index in [0.717, 1.165) is 18.0 Å². The number of imidazole rings is 1. The number of aryl methyl sites for hydroxylation is 1. The quantitative estimate of drug-likeness (QED) is 0.683. The number of ether oxygens (including phenoxy) is 1. The zero-order valence-electron chi connectivity index (χ0n) is 10.8. The SMILES string of the molecule is Cn1ccnc1CCOC(=O)c1cc(F)c(N)cc1F. The molecule has 0 spiro atoms. The normalized spacial score (nSPS) is 10.6. The van der Waals surface area contributed by atoms with Crippen molar-refractivity contribution >= 4 is 11.7 Å². The Morgan fingerprint density at radius 1 is 1.40 bits per heavy atom. The molecule has 5 nitrogen and oxygen atoms in total. The van der Waals surface area contributed by atoms with Crippen molar-refractivity contribution in [3.63, 3.8) is 0 Å². The summed E-state index contributed by atoms with van der Waals surface area (Å²) in [5.41, 5.74) is 4.36. The molecule has 0 atom stereocenters. The van der Waals surface area contributed by atoms with Gasteiger partial charge in [-0.15, -0.1) is 0 Å². The van der Waals surface area contributed by atoms with Crippen LogP contribution in [-0.2, 0) is 18.2 Å². The molecule has 1 heterocycles. The minimum Gasteiger partial charge on any atom is -0.462 e. The first-order chi connectivity index (χ1) is 9.49. The number of esters is 1. The van der Waals surface area contributed by atoms with Gasteiger partial charge in [-0.2, -0.15) is 0 Å². The summed E-state index contributed by atoms with van der Waals surface area (Å²) in [5.74, 6) is -1.98. The molecule has 2 N–H and O–H groups in total. The Hall–Kier alpha value is -2.44. The fraction of sp³-hybridized carbons (Fsp3) is 0.231. The van der Waals surface area contributed by atoms with Crippen molar-refractivity contribution in [2.75, 3.05) is 12.3 Å². The summed E-state index contributed by atoms with van der Waals surface area (Å²) in [6.07, 6.45) is 3.76. The van der Waals surface area contributed by atoms with Crippen molar-refractivity contribution in [1.29, 1.82) is 0 Å². The molecule has 2 aromatic rings. The number of anilines is 1. The molecule has 0 aliphatic carbocycles. The summed E-state index contributed by atoms with van der Waals surface area (Å²) < 4.78 is 33.4. The molecule has 0 saturated carbocycles. The van der Waals surface area contributed by atoms with Gasteiger partial charge in [0.1, 0.15) is 17.5 Å². The number of nitrogens with zero attached hydrogens (tertiary/aromatic N) is 2. The number of carbonyl (C=O) groups is 1. The molecular weight excluding hydrogens is 268 g/mol. The van der Waals surface area contributed by atoms with E-state index in [9.17, 15) is 13.6 Å². The maximum atomic E-state index is 13.5. The number of nitrogens with two attached hydrogens (primary N) is 1. The maximum absolute atomic E-state index is 13.5. The number of benzene rings is 1. The summed E-state index contributed by atoms with van der Waals surface area (Å²) in [5, 5.41) is 0. The summed E-state index contributed by atoms with van der Waals surface area (Å²) in [4.78, 5) is 15.7. The van der Waals surface area contributed by atoms with E-state index in [1.807, 2.05) is 0 Å². The van der Waals surface area contributed by atoms with E-state index >= 15 is 0 Å². The van der Waals surface area contributed by atoms with E-state index in [4.69, 9.17) is 10.5 Å². The van der Waals surface area contributed by atoms with Crippen LogP contribution in [0.15, 0.2) is 24.5 Å². The number of aromatic nitrogens is 2. The van der Waals surface area contributed by atoms with E-state index in [1.54, 1.807) is 24.0 Å². The van der Waals surface area contributed by atoms with E-state index in [-0.39, 0.29) is 12.3 Å². The third kappa shape index (κ3) is 2.93. The number of hydrogen-bond donors (Lipinski definition) is 1. The lowest BCUT2D eigenvalue weighted by Gasteiger charge is -2.07. The lowest BCUT2D eigenvalue weighted by Crippen LogP contribution is -2.12. The van der Waals surface area contributed by atoms with Crippen molar-refractivity contribution < 1.29 is 18.3 Å². The van der Waals surface area contributed by atoms with Crippen molar-refractivity contribution in [1.82, 2.24) is 9.55 Å². The molecule has 0 saturated heterocycles. The number of rotatable bonds is 4. The van der Waals surface area contributed by atoms with Crippen LogP contribution in [0.1, 0.15) is 16.2 Å². The van der Waals surface area contributed by atoms with Crippen LogP contribution in [0.3, 0.4) is 0 Å². The Balaban J connectivity index is 1.99. The van der Waals surface area contributed by atoms with Crippen molar-refractivity contribution in [3.05, 3.63) is 47.5 Å². The molecule has 106 valence electrons. The Morgan fingerprint density at radius 2 is 2.15 bits per heavy atom. The van der Waals surface area contributed by atoms with Gasteiger partial charge in [0.2, 0.25) is 0 Å². The fourth-order valence-electron chi connectivity index (χ4n) is 1.67. The van der Waals surface area contributed by atoms with Gasteiger partial charge in [0, 0.05) is 31.9 Å². The van der Waals surface area contributed by atoms with E-state index in [0.29, 0.717) is 6.42 Å². The standard InChI is InChI=1S/C13H13F2N3O2/c1-18-4-3-17-12(18)2-5-20-13(19)8-6-10(15)11(16)7-9(8)14/h3-4,6-7H,2,5,16H2,1H3. The van der Waals surface area contributed by atoms with E-state index in [1.165, 1.54) is 0 Å². The summed E-state index contributed by atoms with van der Waals surface area (Å²) >= 11 is 0. The summed E-state index contributed by atoms with van der Waals surface area (Å²) in [7, 11) is 1.80. The van der Waals surface area contributed by atoms with Gasteiger partial charge in [-0.05, 0) is 6.07 Å². The Kier molecular flexibility index (Phi) is 3.97. The van der Waals surface area contributed by atoms with Gasteiger partial charge in [0.15, 0.2) is 0 Å². The summed E-state index contributed by atoms with van der Waals surface area (Å²) in [6, 6.07) is 1.48. The van der Waals surface area contributed by atoms with Crippen LogP contribution in [-0.4, -0.2) is 22.1 Å². The van der Waals surface area contributed by atoms with Gasteiger partial charge in [-0.25, -0.2) is 18.6 Å². The Labute approximate surface area is 114 Å². The van der Waals surface area contributed by atoms with Crippen LogP contribution in [0, 0.1) is 11.6 Å². The highest BCUT2D eigenvalue weighted by molar-refractivity contribution is 5.90. The number of halogens is 2. The van der Waals surface area contributed by atoms with Crippen LogP contribution in [0.25, 0.3) is 0 Å². The number of nitrogen functional groups attached to an aromatic ring is 1. The van der Waals surface area contributed by atoms with Crippen LogP contribution < -0.4 is 5.73 Å². The second-order valence-corrected chi connectivity index (χ2v) is 4.19. The number of carbonyl (C=O) groups excluding carboxylic acids is 1. The van der Waals surface area contributed by atoms with Crippen molar-refractivity contribution in [2.24, 2.45) is 7.05 Å². The van der Waals surface area contributed by atoms with Gasteiger partial charge >= 0.3 is 5.97 Å². The molecule has 0 radical (unpaired) electrons. The first kappa shape index (κ1) is 14.0. The highest BCUT2D eigenvalue weighted by atomic mass is 19.1. The minimum atomic E-state index is -0.935. The van der Waals surface area contributed by atoms with Gasteiger partial charge < -0.3 is 15.0 Å². The Bertz CT molecular complexity index is 641. The predicted octanol–water partition coefficient (Wildman–Crippen LogP) is 1.68. The lowest BCUT2D eigenvalue weighted by molar-refractivity contribution is 0.0501. The molecule has 7 heteroatoms. The average molecular weight is 281 g/mol. The fourth-order valence-corrected chi connectivity index (χ4v) is 1.67. The van der Waals surface area contributed by atoms with Gasteiger partial charge in [-0.1, -0.05) is 0 Å². The number of hydrogen-bond acceptors (Lipinski definition) is 4. The smallest absolute Gasteiger partial charge is 0.341 e. The molecule has 0 amide bonds. The van der Waals surface area contributed by atoms with Crippen molar-refractivity contribution in [2.45, 2.75) is 6.42 Å². The maximum Gasteiger partial charge on any atom is 0.341 e. The molecule has 0 bridgehead atoms. The molecule has 1 aromatic heterocycles.